The van der Waals surface area contributed by atoms with Crippen LogP contribution in [0.25, 0.3) is 21.9 Å². The third kappa shape index (κ3) is 3.25. The molecule has 0 fully saturated rings. The summed E-state index contributed by atoms with van der Waals surface area (Å²) in [4.78, 5) is 28.3. The smallest absolute Gasteiger partial charge is 0.237 e. The van der Waals surface area contributed by atoms with Crippen LogP contribution < -0.4 is 5.32 Å². The van der Waals surface area contributed by atoms with Crippen LogP contribution in [0.15, 0.2) is 60.1 Å². The minimum atomic E-state index is -0.261. The molecule has 2 aromatic heterocycles. The van der Waals surface area contributed by atoms with Gasteiger partial charge < -0.3 is 10.3 Å². The maximum Gasteiger partial charge on any atom is 0.237 e. The summed E-state index contributed by atoms with van der Waals surface area (Å²) in [6.45, 7) is 1.99. The number of imidazole rings is 1. The lowest BCUT2D eigenvalue weighted by Crippen LogP contribution is -2.24. The number of aromatic nitrogens is 4. The Bertz CT molecular complexity index is 1080. The molecule has 0 bridgehead atoms. The number of thioether (sulfide) groups is 1. The van der Waals surface area contributed by atoms with Crippen LogP contribution in [0.1, 0.15) is 13.3 Å². The van der Waals surface area contributed by atoms with Gasteiger partial charge in [0.2, 0.25) is 5.91 Å². The van der Waals surface area contributed by atoms with Crippen molar-refractivity contribution in [3.63, 3.8) is 0 Å². The summed E-state index contributed by atoms with van der Waals surface area (Å²) in [6.07, 6.45) is 3.74. The van der Waals surface area contributed by atoms with Gasteiger partial charge in [-0.05, 0) is 29.3 Å². The molecule has 1 atom stereocenters. The molecule has 0 saturated carbocycles. The molecule has 6 nitrogen and oxygen atoms in total. The monoisotopic (exact) mass is 363 g/mol. The van der Waals surface area contributed by atoms with E-state index in [1.54, 1.807) is 6.33 Å². The number of H-pyrrole nitrogens is 1. The standard InChI is InChI=1S/C19H17N5OS/c1-2-15(26-19-16-17(21-10-20-16)22-11-23-19)18(25)24-14-8-7-12-5-3-4-6-13(12)9-14/h3-11,15H,2H2,1H3,(H,24,25)(H,20,21,22,23). The molecule has 130 valence electrons. The van der Waals surface area contributed by atoms with Gasteiger partial charge in [-0.2, -0.15) is 0 Å². The Morgan fingerprint density at radius 1 is 1.15 bits per heavy atom. The molecule has 2 heterocycles. The first-order chi connectivity index (χ1) is 12.7. The topological polar surface area (TPSA) is 83.6 Å². The summed E-state index contributed by atoms with van der Waals surface area (Å²) in [5.74, 6) is -0.0425. The second-order valence-corrected chi connectivity index (χ2v) is 7.04. The van der Waals surface area contributed by atoms with E-state index in [9.17, 15) is 4.79 Å². The molecule has 1 amide bonds. The molecule has 4 rings (SSSR count). The van der Waals surface area contributed by atoms with Crippen molar-refractivity contribution in [2.45, 2.75) is 23.6 Å². The number of rotatable bonds is 5. The number of hydrogen-bond donors (Lipinski definition) is 2. The summed E-state index contributed by atoms with van der Waals surface area (Å²) in [5.41, 5.74) is 2.16. The molecule has 0 saturated heterocycles. The predicted octanol–water partition coefficient (Wildman–Crippen LogP) is 4.02. The number of anilines is 1. The zero-order valence-electron chi connectivity index (χ0n) is 14.1. The first-order valence-electron chi connectivity index (χ1n) is 8.35. The summed E-state index contributed by atoms with van der Waals surface area (Å²) in [6, 6.07) is 14.0. The van der Waals surface area contributed by atoms with E-state index >= 15 is 0 Å². The van der Waals surface area contributed by atoms with Gasteiger partial charge in [-0.25, -0.2) is 15.0 Å². The van der Waals surface area contributed by atoms with Gasteiger partial charge in [0.1, 0.15) is 16.9 Å². The Hall–Kier alpha value is -2.93. The van der Waals surface area contributed by atoms with Crippen LogP contribution in [-0.2, 0) is 4.79 Å². The van der Waals surface area contributed by atoms with Gasteiger partial charge in [0.05, 0.1) is 11.6 Å². The van der Waals surface area contributed by atoms with E-state index in [2.05, 4.69) is 31.3 Å². The summed E-state index contributed by atoms with van der Waals surface area (Å²) >= 11 is 1.42. The molecule has 1 unspecified atom stereocenters. The van der Waals surface area contributed by atoms with Crippen molar-refractivity contribution in [2.75, 3.05) is 5.32 Å². The van der Waals surface area contributed by atoms with Crippen LogP contribution >= 0.6 is 11.8 Å². The average molecular weight is 363 g/mol. The van der Waals surface area contributed by atoms with Crippen molar-refractivity contribution in [1.82, 2.24) is 19.9 Å². The van der Waals surface area contributed by atoms with Crippen LogP contribution in [0.2, 0.25) is 0 Å². The van der Waals surface area contributed by atoms with Gasteiger partial charge in [-0.1, -0.05) is 49.0 Å². The first-order valence-corrected chi connectivity index (χ1v) is 9.23. The van der Waals surface area contributed by atoms with E-state index in [4.69, 9.17) is 0 Å². The Morgan fingerprint density at radius 2 is 2.00 bits per heavy atom. The highest BCUT2D eigenvalue weighted by Crippen LogP contribution is 2.29. The molecule has 26 heavy (non-hydrogen) atoms. The molecule has 7 heteroatoms. The quantitative estimate of drug-likeness (QED) is 0.413. The SMILES string of the molecule is CCC(Sc1ncnc2nc[nH]c12)C(=O)Nc1ccc2ccccc2c1. The zero-order chi connectivity index (χ0) is 17.9. The number of amides is 1. The molecular formula is C19H17N5OS. The molecule has 2 N–H and O–H groups in total. The number of nitrogens with zero attached hydrogens (tertiary/aromatic N) is 3. The van der Waals surface area contributed by atoms with Crippen molar-refractivity contribution in [1.29, 1.82) is 0 Å². The van der Waals surface area contributed by atoms with Crippen LogP contribution in [0.4, 0.5) is 5.69 Å². The lowest BCUT2D eigenvalue weighted by Gasteiger charge is -2.14. The Morgan fingerprint density at radius 3 is 2.85 bits per heavy atom. The highest BCUT2D eigenvalue weighted by molar-refractivity contribution is 8.00. The minimum absolute atomic E-state index is 0.0425. The number of carbonyl (C=O) groups is 1. The average Bonchev–Trinajstić information content (AvgIpc) is 3.15. The van der Waals surface area contributed by atoms with E-state index in [0.717, 1.165) is 27.0 Å². The van der Waals surface area contributed by atoms with Gasteiger partial charge >= 0.3 is 0 Å². The van der Waals surface area contributed by atoms with Crippen LogP contribution in [0.5, 0.6) is 0 Å². The number of benzene rings is 2. The summed E-state index contributed by atoms with van der Waals surface area (Å²) in [7, 11) is 0. The van der Waals surface area contributed by atoms with E-state index in [1.807, 2.05) is 43.3 Å². The van der Waals surface area contributed by atoms with E-state index in [0.29, 0.717) is 12.1 Å². The Balaban J connectivity index is 1.54. The maximum absolute atomic E-state index is 12.8. The molecule has 0 radical (unpaired) electrons. The van der Waals surface area contributed by atoms with Gasteiger partial charge in [0.15, 0.2) is 5.65 Å². The molecule has 2 aromatic carbocycles. The fourth-order valence-corrected chi connectivity index (χ4v) is 3.76. The summed E-state index contributed by atoms with van der Waals surface area (Å²) < 4.78 is 0. The second kappa shape index (κ2) is 7.13. The molecule has 4 aromatic rings. The second-order valence-electron chi connectivity index (χ2n) is 5.85. The van der Waals surface area contributed by atoms with Crippen molar-refractivity contribution >= 4 is 45.3 Å². The highest BCUT2D eigenvalue weighted by Gasteiger charge is 2.21. The summed E-state index contributed by atoms with van der Waals surface area (Å²) in [5, 5.41) is 5.73. The maximum atomic E-state index is 12.8. The van der Waals surface area contributed by atoms with Crippen molar-refractivity contribution < 1.29 is 4.79 Å². The molecule has 0 aliphatic carbocycles. The predicted molar refractivity (Wildman–Crippen MR) is 104 cm³/mol. The van der Waals surface area contributed by atoms with E-state index in [-0.39, 0.29) is 11.2 Å². The molecule has 0 aliphatic rings. The fraction of sp³-hybridized carbons (Fsp3) is 0.158. The van der Waals surface area contributed by atoms with Gasteiger partial charge in [-0.15, -0.1) is 0 Å². The van der Waals surface area contributed by atoms with Gasteiger partial charge in [0, 0.05) is 5.69 Å². The first kappa shape index (κ1) is 16.5. The number of hydrogen-bond acceptors (Lipinski definition) is 5. The van der Waals surface area contributed by atoms with Gasteiger partial charge in [0.25, 0.3) is 0 Å². The molecule has 0 spiro atoms. The lowest BCUT2D eigenvalue weighted by atomic mass is 10.1. The molecular weight excluding hydrogens is 346 g/mol. The Labute approximate surface area is 154 Å². The number of fused-ring (bicyclic) bond motifs is 2. The third-order valence-corrected chi connectivity index (χ3v) is 5.49. The van der Waals surface area contributed by atoms with Crippen molar-refractivity contribution in [2.24, 2.45) is 0 Å². The lowest BCUT2D eigenvalue weighted by molar-refractivity contribution is -0.115. The Kier molecular flexibility index (Phi) is 4.53. The van der Waals surface area contributed by atoms with Crippen LogP contribution in [-0.4, -0.2) is 31.1 Å². The van der Waals surface area contributed by atoms with Gasteiger partial charge in [-0.3, -0.25) is 4.79 Å². The number of carbonyl (C=O) groups excluding carboxylic acids is 1. The third-order valence-electron chi connectivity index (χ3n) is 4.12. The number of aromatic amines is 1. The number of nitrogens with one attached hydrogen (secondary N) is 2. The molecule has 0 aliphatic heterocycles. The highest BCUT2D eigenvalue weighted by atomic mass is 32.2. The van der Waals surface area contributed by atoms with Crippen LogP contribution in [0.3, 0.4) is 0 Å². The zero-order valence-corrected chi connectivity index (χ0v) is 15.0. The van der Waals surface area contributed by atoms with E-state index < -0.39 is 0 Å². The van der Waals surface area contributed by atoms with Crippen molar-refractivity contribution in [3.8, 4) is 0 Å². The van der Waals surface area contributed by atoms with Crippen molar-refractivity contribution in [3.05, 3.63) is 55.1 Å². The minimum Gasteiger partial charge on any atom is -0.341 e. The van der Waals surface area contributed by atoms with E-state index in [1.165, 1.54) is 18.1 Å². The fourth-order valence-electron chi connectivity index (χ4n) is 2.78. The largest absolute Gasteiger partial charge is 0.341 e. The van der Waals surface area contributed by atoms with Crippen LogP contribution in [0, 0.1) is 0 Å². The normalized spacial score (nSPS) is 12.3.